The molecule has 3 nitrogen and oxygen atoms in total. The van der Waals surface area contributed by atoms with Crippen LogP contribution in [0.15, 0.2) is 12.1 Å². The van der Waals surface area contributed by atoms with E-state index in [9.17, 15) is 9.18 Å². The first-order chi connectivity index (χ1) is 11.3. The molecule has 132 valence electrons. The average molecular weight is 372 g/mol. The van der Waals surface area contributed by atoms with Gasteiger partial charge in [0.1, 0.15) is 11.6 Å². The van der Waals surface area contributed by atoms with Crippen molar-refractivity contribution in [3.05, 3.63) is 28.5 Å². The lowest BCUT2D eigenvalue weighted by molar-refractivity contribution is -0.114. The molecule has 4 rings (SSSR count). The van der Waals surface area contributed by atoms with Crippen LogP contribution < -0.4 is 9.46 Å². The fourth-order valence-corrected chi connectivity index (χ4v) is 4.83. The van der Waals surface area contributed by atoms with Crippen molar-refractivity contribution in [3.8, 4) is 5.75 Å². The van der Waals surface area contributed by atoms with E-state index in [1.165, 1.54) is 25.0 Å². The van der Waals surface area contributed by atoms with Crippen LogP contribution in [0.3, 0.4) is 0 Å². The van der Waals surface area contributed by atoms with E-state index in [-0.39, 0.29) is 10.6 Å². The van der Waals surface area contributed by atoms with Crippen LogP contribution in [0.2, 0.25) is 5.02 Å². The van der Waals surface area contributed by atoms with Crippen molar-refractivity contribution >= 4 is 29.5 Å². The minimum absolute atomic E-state index is 0.0673. The molecule has 3 atom stereocenters. The summed E-state index contributed by atoms with van der Waals surface area (Å²) in [5.74, 6) is 1.20. The minimum Gasteiger partial charge on any atom is -0.492 e. The molecule has 3 aliphatic rings. The third kappa shape index (κ3) is 3.13. The van der Waals surface area contributed by atoms with Gasteiger partial charge in [0.15, 0.2) is 0 Å². The number of carbonyl (C=O) groups is 1. The molecule has 0 saturated heterocycles. The van der Waals surface area contributed by atoms with E-state index in [0.29, 0.717) is 29.6 Å². The molecule has 0 heterocycles. The second-order valence-corrected chi connectivity index (χ2v) is 8.43. The van der Waals surface area contributed by atoms with Crippen LogP contribution >= 0.6 is 23.5 Å². The maximum absolute atomic E-state index is 14.2. The second-order valence-electron chi connectivity index (χ2n) is 7.41. The number of halogens is 2. The number of rotatable bonds is 5. The summed E-state index contributed by atoms with van der Waals surface area (Å²) in [6.07, 6.45) is 5.38. The molecule has 0 spiro atoms. The maximum Gasteiger partial charge on any atom is 0.264 e. The second kappa shape index (κ2) is 6.75. The van der Waals surface area contributed by atoms with Gasteiger partial charge in [0.2, 0.25) is 0 Å². The van der Waals surface area contributed by atoms with Gasteiger partial charge in [-0.15, -0.1) is 0 Å². The zero-order valence-electron chi connectivity index (χ0n) is 14.2. The molecule has 3 aliphatic carbocycles. The van der Waals surface area contributed by atoms with Crippen LogP contribution in [0.4, 0.5) is 4.39 Å². The molecule has 24 heavy (non-hydrogen) atoms. The summed E-state index contributed by atoms with van der Waals surface area (Å²) >= 11 is 7.30. The highest BCUT2D eigenvalue weighted by Crippen LogP contribution is 2.61. The quantitative estimate of drug-likeness (QED) is 0.745. The Hall–Kier alpha value is -0.940. The number of nitrogens with one attached hydrogen (secondary N) is 1. The number of ether oxygens (including phenoxy) is 1. The van der Waals surface area contributed by atoms with Gasteiger partial charge in [-0.2, -0.15) is 0 Å². The predicted octanol–water partition coefficient (Wildman–Crippen LogP) is 4.94. The third-order valence-electron chi connectivity index (χ3n) is 5.92. The van der Waals surface area contributed by atoms with Crippen molar-refractivity contribution in [2.75, 3.05) is 12.9 Å². The Balaban J connectivity index is 1.67. The number of fused-ring (bicyclic) bond motifs is 2. The lowest BCUT2D eigenvalue weighted by Gasteiger charge is -2.60. The van der Waals surface area contributed by atoms with Crippen molar-refractivity contribution in [1.29, 1.82) is 0 Å². The van der Waals surface area contributed by atoms with E-state index in [2.05, 4.69) is 18.6 Å². The van der Waals surface area contributed by atoms with Gasteiger partial charge < -0.3 is 4.74 Å². The Kier molecular flexibility index (Phi) is 5.03. The first-order valence-corrected chi connectivity index (χ1v) is 9.90. The van der Waals surface area contributed by atoms with Crippen molar-refractivity contribution in [1.82, 2.24) is 4.72 Å². The van der Waals surface area contributed by atoms with Gasteiger partial charge in [-0.3, -0.25) is 9.52 Å². The zero-order valence-corrected chi connectivity index (χ0v) is 15.8. The third-order valence-corrected chi connectivity index (χ3v) is 6.60. The average Bonchev–Trinajstić information content (AvgIpc) is 2.55. The first-order valence-electron chi connectivity index (χ1n) is 8.29. The highest BCUT2D eigenvalue weighted by atomic mass is 35.5. The van der Waals surface area contributed by atoms with Crippen LogP contribution in [0, 0.1) is 29.0 Å². The Morgan fingerprint density at radius 1 is 1.46 bits per heavy atom. The Morgan fingerprint density at radius 2 is 2.21 bits per heavy atom. The van der Waals surface area contributed by atoms with Gasteiger partial charge in [0.25, 0.3) is 5.91 Å². The smallest absolute Gasteiger partial charge is 0.264 e. The van der Waals surface area contributed by atoms with Crippen LogP contribution in [-0.2, 0) is 0 Å². The lowest BCUT2D eigenvalue weighted by atomic mass is 9.46. The van der Waals surface area contributed by atoms with Crippen molar-refractivity contribution in [2.24, 2.45) is 23.2 Å². The molecular formula is C18H23ClFNO2S. The summed E-state index contributed by atoms with van der Waals surface area (Å²) in [7, 11) is 0. The van der Waals surface area contributed by atoms with Crippen LogP contribution in [0.5, 0.6) is 5.75 Å². The molecule has 3 fully saturated rings. The van der Waals surface area contributed by atoms with Crippen molar-refractivity contribution < 1.29 is 13.9 Å². The molecule has 6 heteroatoms. The molecule has 0 radical (unpaired) electrons. The summed E-state index contributed by atoms with van der Waals surface area (Å²) in [5, 5.41) is 0.268. The summed E-state index contributed by atoms with van der Waals surface area (Å²) in [6.45, 7) is 5.23. The first kappa shape index (κ1) is 17.9. The van der Waals surface area contributed by atoms with Crippen LogP contribution in [0.25, 0.3) is 0 Å². The summed E-state index contributed by atoms with van der Waals surface area (Å²) in [5.41, 5.74) is 0.323. The largest absolute Gasteiger partial charge is 0.492 e. The van der Waals surface area contributed by atoms with E-state index in [0.717, 1.165) is 24.3 Å². The summed E-state index contributed by atoms with van der Waals surface area (Å²) < 4.78 is 22.5. The van der Waals surface area contributed by atoms with Gasteiger partial charge in [-0.1, -0.05) is 37.4 Å². The minimum atomic E-state index is -0.617. The van der Waals surface area contributed by atoms with Crippen LogP contribution in [-0.4, -0.2) is 18.8 Å². The lowest BCUT2D eigenvalue weighted by Crippen LogP contribution is -2.53. The molecule has 1 amide bonds. The fraction of sp³-hybridized carbons (Fsp3) is 0.611. The number of hydrogen-bond acceptors (Lipinski definition) is 3. The molecular weight excluding hydrogens is 349 g/mol. The SMILES string of the molecule is CSNC(=O)c1cc(Cl)c(OCC2CCC3CC2C3(C)C)cc1F. The highest BCUT2D eigenvalue weighted by molar-refractivity contribution is 7.97. The molecule has 0 aromatic heterocycles. The Morgan fingerprint density at radius 3 is 2.83 bits per heavy atom. The topological polar surface area (TPSA) is 38.3 Å². The van der Waals surface area contributed by atoms with Gasteiger partial charge in [0, 0.05) is 12.3 Å². The molecule has 3 unspecified atom stereocenters. The Bertz CT molecular complexity index is 650. The number of benzene rings is 1. The molecule has 2 bridgehead atoms. The summed E-state index contributed by atoms with van der Waals surface area (Å²) in [6, 6.07) is 2.55. The predicted molar refractivity (Wildman–Crippen MR) is 96.0 cm³/mol. The van der Waals surface area contributed by atoms with Gasteiger partial charge >= 0.3 is 0 Å². The standard InChI is InChI=1S/C18H23ClFNO2S/c1-18(2)11-5-4-10(13(18)6-11)9-23-16-8-15(20)12(7-14(16)19)17(22)21-24-3/h7-8,10-11,13H,4-6,9H2,1-3H3,(H,21,22). The maximum atomic E-state index is 14.2. The van der Waals surface area contributed by atoms with E-state index in [4.69, 9.17) is 16.3 Å². The molecule has 1 aromatic carbocycles. The molecule has 1 aromatic rings. The normalized spacial score (nSPS) is 27.3. The van der Waals surface area contributed by atoms with Crippen LogP contribution in [0.1, 0.15) is 43.5 Å². The number of carbonyl (C=O) groups excluding carboxylic acids is 1. The van der Waals surface area contributed by atoms with Crippen molar-refractivity contribution in [3.63, 3.8) is 0 Å². The van der Waals surface area contributed by atoms with E-state index < -0.39 is 11.7 Å². The fourth-order valence-electron chi connectivity index (χ4n) is 4.32. The molecule has 3 saturated carbocycles. The van der Waals surface area contributed by atoms with Crippen molar-refractivity contribution in [2.45, 2.75) is 33.1 Å². The molecule has 1 N–H and O–H groups in total. The zero-order chi connectivity index (χ0) is 17.5. The summed E-state index contributed by atoms with van der Waals surface area (Å²) in [4.78, 5) is 11.8. The Labute approximate surface area is 151 Å². The highest BCUT2D eigenvalue weighted by Gasteiger charge is 2.54. The van der Waals surface area contributed by atoms with Gasteiger partial charge in [-0.05, 0) is 48.5 Å². The van der Waals surface area contributed by atoms with E-state index >= 15 is 0 Å². The monoisotopic (exact) mass is 371 g/mol. The van der Waals surface area contributed by atoms with E-state index in [1.807, 2.05) is 0 Å². The number of hydrogen-bond donors (Lipinski definition) is 1. The molecule has 0 aliphatic heterocycles. The number of amides is 1. The van der Waals surface area contributed by atoms with Gasteiger partial charge in [-0.25, -0.2) is 4.39 Å². The van der Waals surface area contributed by atoms with Gasteiger partial charge in [0.05, 0.1) is 17.2 Å². The van der Waals surface area contributed by atoms with E-state index in [1.54, 1.807) is 6.26 Å².